The Morgan fingerprint density at radius 2 is 1.82 bits per heavy atom. The van der Waals surface area contributed by atoms with Gasteiger partial charge >= 0.3 is 11.9 Å². The van der Waals surface area contributed by atoms with Gasteiger partial charge in [-0.3, -0.25) is 0 Å². The van der Waals surface area contributed by atoms with E-state index in [1.165, 1.54) is 6.07 Å². The topological polar surface area (TPSA) is 114 Å². The molecule has 9 heteroatoms. The van der Waals surface area contributed by atoms with Crippen molar-refractivity contribution in [1.29, 1.82) is 0 Å². The zero-order valence-corrected chi connectivity index (χ0v) is 12.1. The van der Waals surface area contributed by atoms with Crippen LogP contribution in [0.25, 0.3) is 11.3 Å². The zero-order chi connectivity index (χ0) is 16.6. The van der Waals surface area contributed by atoms with Gasteiger partial charge in [-0.05, 0) is 12.1 Å². The highest BCUT2D eigenvalue weighted by Crippen LogP contribution is 2.32. The molecule has 2 aromatic rings. The number of hydrogen-bond donors (Lipinski definition) is 3. The number of rotatable bonds is 3. The van der Waals surface area contributed by atoms with Gasteiger partial charge in [0.25, 0.3) is 0 Å². The lowest BCUT2D eigenvalue weighted by Crippen LogP contribution is -2.08. The van der Waals surface area contributed by atoms with Crippen molar-refractivity contribution >= 4 is 40.8 Å². The number of anilines is 1. The van der Waals surface area contributed by atoms with E-state index in [-0.39, 0.29) is 27.0 Å². The van der Waals surface area contributed by atoms with Crippen molar-refractivity contribution in [2.75, 3.05) is 5.73 Å². The monoisotopic (exact) mass is 344 g/mol. The number of aromatic carboxylic acids is 2. The van der Waals surface area contributed by atoms with Crippen LogP contribution in [0, 0.1) is 5.82 Å². The molecule has 0 radical (unpaired) electrons. The summed E-state index contributed by atoms with van der Waals surface area (Å²) >= 11 is 11.3. The molecule has 22 heavy (non-hydrogen) atoms. The molecule has 6 nitrogen and oxygen atoms in total. The van der Waals surface area contributed by atoms with Crippen molar-refractivity contribution in [2.45, 2.75) is 0 Å². The SMILES string of the molecule is Nc1cc(-c2ccc(Cl)c(F)c2C(=O)O)nc(C(=O)O)c1Cl. The minimum absolute atomic E-state index is 0.129. The van der Waals surface area contributed by atoms with Crippen LogP contribution in [0.15, 0.2) is 18.2 Å². The maximum Gasteiger partial charge on any atom is 0.356 e. The average molecular weight is 345 g/mol. The summed E-state index contributed by atoms with van der Waals surface area (Å²) in [6.45, 7) is 0. The van der Waals surface area contributed by atoms with Gasteiger partial charge in [-0.15, -0.1) is 0 Å². The number of pyridine rings is 1. The Morgan fingerprint density at radius 1 is 1.18 bits per heavy atom. The molecule has 0 aliphatic carbocycles. The third-order valence-electron chi connectivity index (χ3n) is 2.77. The Balaban J connectivity index is 2.81. The summed E-state index contributed by atoms with van der Waals surface area (Å²) in [5.74, 6) is -4.19. The highest BCUT2D eigenvalue weighted by atomic mass is 35.5. The fourth-order valence-corrected chi connectivity index (χ4v) is 2.14. The van der Waals surface area contributed by atoms with Crippen molar-refractivity contribution in [1.82, 2.24) is 4.98 Å². The van der Waals surface area contributed by atoms with Gasteiger partial charge in [-0.2, -0.15) is 0 Å². The highest BCUT2D eigenvalue weighted by molar-refractivity contribution is 6.35. The minimum Gasteiger partial charge on any atom is -0.478 e. The van der Waals surface area contributed by atoms with Crippen molar-refractivity contribution in [3.8, 4) is 11.3 Å². The first kappa shape index (κ1) is 16.0. The van der Waals surface area contributed by atoms with E-state index in [9.17, 15) is 14.0 Å². The zero-order valence-electron chi connectivity index (χ0n) is 10.6. The maximum absolute atomic E-state index is 13.9. The number of aromatic nitrogens is 1. The molecule has 0 unspecified atom stereocenters. The molecule has 1 heterocycles. The van der Waals surface area contributed by atoms with Gasteiger partial charge in [-0.1, -0.05) is 29.3 Å². The first-order valence-electron chi connectivity index (χ1n) is 5.65. The predicted molar refractivity (Wildman–Crippen MR) is 78.0 cm³/mol. The molecule has 2 rings (SSSR count). The third-order valence-corrected chi connectivity index (χ3v) is 3.46. The fraction of sp³-hybridized carbons (Fsp3) is 0. The van der Waals surface area contributed by atoms with E-state index in [2.05, 4.69) is 4.98 Å². The minimum atomic E-state index is -1.58. The average Bonchev–Trinajstić information content (AvgIpc) is 2.43. The van der Waals surface area contributed by atoms with Crippen LogP contribution in [0.4, 0.5) is 10.1 Å². The number of halogens is 3. The number of carboxylic acids is 2. The molecule has 114 valence electrons. The smallest absolute Gasteiger partial charge is 0.356 e. The van der Waals surface area contributed by atoms with Crippen LogP contribution < -0.4 is 5.73 Å². The number of nitrogens with two attached hydrogens (primary N) is 1. The Kier molecular flexibility index (Phi) is 4.20. The summed E-state index contributed by atoms with van der Waals surface area (Å²) in [5, 5.41) is 17.5. The van der Waals surface area contributed by atoms with Crippen LogP contribution in [-0.4, -0.2) is 27.1 Å². The lowest BCUT2D eigenvalue weighted by molar-refractivity contribution is 0.0682. The van der Waals surface area contributed by atoms with Crippen molar-refractivity contribution < 1.29 is 24.2 Å². The summed E-state index contributed by atoms with van der Waals surface area (Å²) in [5.41, 5.74) is 3.84. The molecule has 1 aromatic heterocycles. The fourth-order valence-electron chi connectivity index (χ4n) is 1.80. The van der Waals surface area contributed by atoms with Crippen LogP contribution >= 0.6 is 23.2 Å². The normalized spacial score (nSPS) is 10.5. The molecule has 0 saturated carbocycles. The second-order valence-electron chi connectivity index (χ2n) is 4.15. The molecule has 4 N–H and O–H groups in total. The molecular formula is C13H7Cl2FN2O4. The number of carbonyl (C=O) groups is 2. The standard InChI is InChI=1S/C13H7Cl2FN2O4/c14-5-2-1-4(8(10(5)16)12(19)20)7-3-6(17)9(15)11(18-7)13(21)22/h1-3H,(H2,17,18)(H,19,20)(H,21,22). The van der Waals surface area contributed by atoms with Gasteiger partial charge in [0.15, 0.2) is 11.5 Å². The maximum atomic E-state index is 13.9. The quantitative estimate of drug-likeness (QED) is 0.787. The number of hydrogen-bond acceptors (Lipinski definition) is 4. The van der Waals surface area contributed by atoms with Gasteiger partial charge in [0.05, 0.1) is 21.4 Å². The van der Waals surface area contributed by atoms with Crippen LogP contribution in [0.1, 0.15) is 20.8 Å². The van der Waals surface area contributed by atoms with Crippen LogP contribution in [0.2, 0.25) is 10.0 Å². The molecule has 0 spiro atoms. The Bertz CT molecular complexity index is 811. The summed E-state index contributed by atoms with van der Waals surface area (Å²) in [7, 11) is 0. The number of benzene rings is 1. The van der Waals surface area contributed by atoms with E-state index < -0.39 is 29.0 Å². The lowest BCUT2D eigenvalue weighted by Gasteiger charge is -2.10. The summed E-state index contributed by atoms with van der Waals surface area (Å²) in [4.78, 5) is 26.1. The van der Waals surface area contributed by atoms with Gasteiger partial charge in [-0.25, -0.2) is 19.0 Å². The number of carboxylic acid groups (broad SMARTS) is 2. The largest absolute Gasteiger partial charge is 0.478 e. The highest BCUT2D eigenvalue weighted by Gasteiger charge is 2.23. The number of nitrogen functional groups attached to an aromatic ring is 1. The number of nitrogens with zero attached hydrogens (tertiary/aromatic N) is 1. The molecule has 0 fully saturated rings. The Labute approximate surface area is 132 Å². The molecule has 0 aliphatic heterocycles. The molecular weight excluding hydrogens is 338 g/mol. The van der Waals surface area contributed by atoms with Gasteiger partial charge < -0.3 is 15.9 Å². The van der Waals surface area contributed by atoms with E-state index >= 15 is 0 Å². The predicted octanol–water partition coefficient (Wildman–Crippen LogP) is 3.17. The molecule has 1 aromatic carbocycles. The van der Waals surface area contributed by atoms with Gasteiger partial charge in [0.1, 0.15) is 5.56 Å². The molecule has 0 aliphatic rings. The summed E-state index contributed by atoms with van der Waals surface area (Å²) in [6.07, 6.45) is 0. The summed E-state index contributed by atoms with van der Waals surface area (Å²) < 4.78 is 13.9. The third kappa shape index (κ3) is 2.68. The van der Waals surface area contributed by atoms with Crippen molar-refractivity contribution in [2.24, 2.45) is 0 Å². The first-order chi connectivity index (χ1) is 10.2. The van der Waals surface area contributed by atoms with E-state index in [0.717, 1.165) is 12.1 Å². The van der Waals surface area contributed by atoms with Crippen molar-refractivity contribution in [3.63, 3.8) is 0 Å². The Morgan fingerprint density at radius 3 is 2.36 bits per heavy atom. The molecule has 0 saturated heterocycles. The van der Waals surface area contributed by atoms with Gasteiger partial charge in [0, 0.05) is 5.56 Å². The molecule has 0 amide bonds. The van der Waals surface area contributed by atoms with E-state index in [1.807, 2.05) is 0 Å². The van der Waals surface area contributed by atoms with Crippen LogP contribution in [0.5, 0.6) is 0 Å². The van der Waals surface area contributed by atoms with Crippen molar-refractivity contribution in [3.05, 3.63) is 45.3 Å². The van der Waals surface area contributed by atoms with E-state index in [1.54, 1.807) is 0 Å². The first-order valence-corrected chi connectivity index (χ1v) is 6.40. The molecule has 0 bridgehead atoms. The van der Waals surface area contributed by atoms with E-state index in [0.29, 0.717) is 0 Å². The Hall–Kier alpha value is -2.38. The second-order valence-corrected chi connectivity index (χ2v) is 4.94. The van der Waals surface area contributed by atoms with Crippen LogP contribution in [0.3, 0.4) is 0 Å². The van der Waals surface area contributed by atoms with Gasteiger partial charge in [0.2, 0.25) is 0 Å². The second kappa shape index (κ2) is 5.78. The lowest BCUT2D eigenvalue weighted by atomic mass is 10.0. The molecule has 0 atom stereocenters. The van der Waals surface area contributed by atoms with E-state index in [4.69, 9.17) is 39.1 Å². The summed E-state index contributed by atoms with van der Waals surface area (Å²) in [6, 6.07) is 3.49. The van der Waals surface area contributed by atoms with Crippen LogP contribution in [-0.2, 0) is 0 Å².